The van der Waals surface area contributed by atoms with Crippen LogP contribution in [0.3, 0.4) is 0 Å². The Morgan fingerprint density at radius 2 is 1.73 bits per heavy atom. The summed E-state index contributed by atoms with van der Waals surface area (Å²) >= 11 is 0. The molecule has 0 fully saturated rings. The van der Waals surface area contributed by atoms with E-state index in [4.69, 9.17) is 4.52 Å². The second kappa shape index (κ2) is 9.06. The number of nitrogens with zero attached hydrogens (tertiary/aromatic N) is 4. The highest BCUT2D eigenvalue weighted by atomic mass is 32.2. The lowest BCUT2D eigenvalue weighted by Crippen LogP contribution is -2.45. The molecule has 10 heteroatoms. The first-order valence-electron chi connectivity index (χ1n) is 9.19. The highest BCUT2D eigenvalue weighted by molar-refractivity contribution is 7.90. The molecule has 158 valence electrons. The van der Waals surface area contributed by atoms with E-state index < -0.39 is 16.1 Å². The van der Waals surface area contributed by atoms with Gasteiger partial charge in [0.25, 0.3) is 0 Å². The molecule has 0 aliphatic heterocycles. The molecule has 3 aromatic rings. The lowest BCUT2D eigenvalue weighted by molar-refractivity contribution is -0.119. The van der Waals surface area contributed by atoms with Crippen molar-refractivity contribution in [2.24, 2.45) is 0 Å². The smallest absolute Gasteiger partial charge is 0.304 e. The van der Waals surface area contributed by atoms with Gasteiger partial charge in [0.15, 0.2) is 0 Å². The first-order valence-corrected chi connectivity index (χ1v) is 10.6. The van der Waals surface area contributed by atoms with Crippen LogP contribution in [0.15, 0.2) is 59.1 Å². The van der Waals surface area contributed by atoms with Gasteiger partial charge in [-0.25, -0.2) is 4.31 Å². The highest BCUT2D eigenvalue weighted by Gasteiger charge is 2.27. The molecule has 0 spiro atoms. The standard InChI is InChI=1S/C20H23N5O4S/c1-15-9-11-16(12-10-15)20-22-19(29-23-20)13-21-18(26)14-25(30(27,28)24(2)3)17-7-5-4-6-8-17/h4-12H,13-14H2,1-3H3,(H,21,26). The minimum Gasteiger partial charge on any atom is -0.345 e. The number of benzene rings is 2. The van der Waals surface area contributed by atoms with Gasteiger partial charge in [-0.05, 0) is 19.1 Å². The van der Waals surface area contributed by atoms with Crippen molar-refractivity contribution in [1.29, 1.82) is 0 Å². The summed E-state index contributed by atoms with van der Waals surface area (Å²) in [5.74, 6) is 0.139. The number of nitrogens with one attached hydrogen (secondary N) is 1. The van der Waals surface area contributed by atoms with Crippen LogP contribution in [0, 0.1) is 6.92 Å². The number of anilines is 1. The molecule has 1 N–H and O–H groups in total. The molecule has 0 aliphatic rings. The lowest BCUT2D eigenvalue weighted by atomic mass is 10.1. The maximum atomic E-state index is 12.7. The highest BCUT2D eigenvalue weighted by Crippen LogP contribution is 2.19. The zero-order chi connectivity index (χ0) is 21.7. The molecule has 30 heavy (non-hydrogen) atoms. The summed E-state index contributed by atoms with van der Waals surface area (Å²) in [6.07, 6.45) is 0. The van der Waals surface area contributed by atoms with Gasteiger partial charge in [0.2, 0.25) is 17.6 Å². The number of carbonyl (C=O) groups excluding carboxylic acids is 1. The SMILES string of the molecule is Cc1ccc(-c2noc(CNC(=O)CN(c3ccccc3)S(=O)(=O)N(C)C)n2)cc1. The van der Waals surface area contributed by atoms with Gasteiger partial charge in [-0.15, -0.1) is 0 Å². The Kier molecular flexibility index (Phi) is 6.48. The summed E-state index contributed by atoms with van der Waals surface area (Å²) in [5.41, 5.74) is 2.31. The van der Waals surface area contributed by atoms with Gasteiger partial charge in [-0.2, -0.15) is 17.7 Å². The normalized spacial score (nSPS) is 11.5. The molecule has 0 bridgehead atoms. The van der Waals surface area contributed by atoms with Crippen LogP contribution in [0.1, 0.15) is 11.5 Å². The molecule has 1 amide bonds. The summed E-state index contributed by atoms with van der Waals surface area (Å²) < 4.78 is 32.6. The molecule has 1 aromatic heterocycles. The summed E-state index contributed by atoms with van der Waals surface area (Å²) in [7, 11) is -1.03. The summed E-state index contributed by atoms with van der Waals surface area (Å²) in [6.45, 7) is 1.59. The van der Waals surface area contributed by atoms with Gasteiger partial charge < -0.3 is 9.84 Å². The zero-order valence-corrected chi connectivity index (χ0v) is 17.8. The van der Waals surface area contributed by atoms with Crippen LogP contribution < -0.4 is 9.62 Å². The van der Waals surface area contributed by atoms with E-state index in [1.807, 2.05) is 31.2 Å². The fourth-order valence-corrected chi connectivity index (χ4v) is 3.67. The van der Waals surface area contributed by atoms with Crippen LogP contribution in [0.5, 0.6) is 0 Å². The van der Waals surface area contributed by atoms with Crippen LogP contribution in [0.25, 0.3) is 11.4 Å². The van der Waals surface area contributed by atoms with Gasteiger partial charge in [0.05, 0.1) is 12.2 Å². The van der Waals surface area contributed by atoms with Crippen molar-refractivity contribution in [3.63, 3.8) is 0 Å². The minimum absolute atomic E-state index is 0.0116. The maximum Gasteiger partial charge on any atom is 0.304 e. The van der Waals surface area contributed by atoms with E-state index in [-0.39, 0.29) is 19.0 Å². The summed E-state index contributed by atoms with van der Waals surface area (Å²) in [4.78, 5) is 16.7. The Morgan fingerprint density at radius 3 is 2.37 bits per heavy atom. The Bertz CT molecular complexity index is 1100. The second-order valence-electron chi connectivity index (χ2n) is 6.79. The third-order valence-electron chi connectivity index (χ3n) is 4.29. The average Bonchev–Trinajstić information content (AvgIpc) is 3.20. The molecule has 0 saturated carbocycles. The van der Waals surface area contributed by atoms with E-state index >= 15 is 0 Å². The van der Waals surface area contributed by atoms with E-state index in [9.17, 15) is 13.2 Å². The van der Waals surface area contributed by atoms with Crippen LogP contribution in [-0.2, 0) is 21.5 Å². The predicted octanol–water partition coefficient (Wildman–Crippen LogP) is 1.97. The Hall–Kier alpha value is -3.24. The van der Waals surface area contributed by atoms with E-state index in [0.29, 0.717) is 11.5 Å². The molecule has 1 heterocycles. The number of aryl methyl sites for hydroxylation is 1. The van der Waals surface area contributed by atoms with Gasteiger partial charge in [0.1, 0.15) is 6.54 Å². The van der Waals surface area contributed by atoms with Crippen molar-refractivity contribution in [1.82, 2.24) is 19.8 Å². The summed E-state index contributed by atoms with van der Waals surface area (Å²) in [5, 5.41) is 6.54. The van der Waals surface area contributed by atoms with Gasteiger partial charge in [0, 0.05) is 19.7 Å². The van der Waals surface area contributed by atoms with Crippen molar-refractivity contribution in [2.75, 3.05) is 24.9 Å². The molecule has 0 atom stereocenters. The molecule has 2 aromatic carbocycles. The first-order chi connectivity index (χ1) is 14.3. The van der Waals surface area contributed by atoms with Crippen molar-refractivity contribution < 1.29 is 17.7 Å². The quantitative estimate of drug-likeness (QED) is 0.586. The monoisotopic (exact) mass is 429 g/mol. The topological polar surface area (TPSA) is 109 Å². The van der Waals surface area contributed by atoms with Crippen LogP contribution >= 0.6 is 0 Å². The fourth-order valence-electron chi connectivity index (χ4n) is 2.60. The van der Waals surface area contributed by atoms with E-state index in [1.54, 1.807) is 30.3 Å². The molecule has 3 rings (SSSR count). The predicted molar refractivity (Wildman–Crippen MR) is 113 cm³/mol. The van der Waals surface area contributed by atoms with Gasteiger partial charge in [-0.1, -0.05) is 53.2 Å². The van der Waals surface area contributed by atoms with Crippen LogP contribution in [-0.4, -0.2) is 49.4 Å². The number of amides is 1. The Labute approximate surface area is 175 Å². The Morgan fingerprint density at radius 1 is 1.07 bits per heavy atom. The van der Waals surface area contributed by atoms with Crippen molar-refractivity contribution in [3.8, 4) is 11.4 Å². The van der Waals surface area contributed by atoms with E-state index in [0.717, 1.165) is 19.7 Å². The largest absolute Gasteiger partial charge is 0.345 e. The van der Waals surface area contributed by atoms with Crippen molar-refractivity contribution in [2.45, 2.75) is 13.5 Å². The van der Waals surface area contributed by atoms with Crippen molar-refractivity contribution in [3.05, 3.63) is 66.1 Å². The third kappa shape index (κ3) is 5.02. The fraction of sp³-hybridized carbons (Fsp3) is 0.250. The maximum absolute atomic E-state index is 12.7. The number of carbonyl (C=O) groups is 1. The minimum atomic E-state index is -3.85. The van der Waals surface area contributed by atoms with Crippen molar-refractivity contribution >= 4 is 21.8 Å². The molecule has 0 saturated heterocycles. The number of hydrogen-bond donors (Lipinski definition) is 1. The second-order valence-corrected chi connectivity index (χ2v) is 8.85. The van der Waals surface area contributed by atoms with Gasteiger partial charge >= 0.3 is 10.2 Å². The molecular weight excluding hydrogens is 406 g/mol. The molecule has 0 unspecified atom stereocenters. The van der Waals surface area contributed by atoms with Crippen LogP contribution in [0.4, 0.5) is 5.69 Å². The molecule has 0 aliphatic carbocycles. The Balaban J connectivity index is 1.67. The zero-order valence-electron chi connectivity index (χ0n) is 16.9. The van der Waals surface area contributed by atoms with E-state index in [1.165, 1.54) is 14.1 Å². The molecular formula is C20H23N5O4S. The van der Waals surface area contributed by atoms with E-state index in [2.05, 4.69) is 15.5 Å². The number of para-hydroxylation sites is 1. The first kappa shape index (κ1) is 21.5. The number of aromatic nitrogens is 2. The average molecular weight is 430 g/mol. The van der Waals surface area contributed by atoms with Gasteiger partial charge in [-0.3, -0.25) is 4.79 Å². The molecule has 9 nitrogen and oxygen atoms in total. The molecule has 0 radical (unpaired) electrons. The lowest BCUT2D eigenvalue weighted by Gasteiger charge is -2.26. The summed E-state index contributed by atoms with van der Waals surface area (Å²) in [6, 6.07) is 16.1. The number of hydrogen-bond acceptors (Lipinski definition) is 6. The number of rotatable bonds is 8. The third-order valence-corrected chi connectivity index (χ3v) is 6.11. The van der Waals surface area contributed by atoms with Crippen LogP contribution in [0.2, 0.25) is 0 Å².